The third-order valence-corrected chi connectivity index (χ3v) is 5.88. The molecule has 0 saturated carbocycles. The van der Waals surface area contributed by atoms with Gasteiger partial charge in [-0.25, -0.2) is 26.9 Å². The Morgan fingerprint density at radius 3 is 2.24 bits per heavy atom. The number of amides is 2. The molecule has 1 fully saturated rings. The van der Waals surface area contributed by atoms with Gasteiger partial charge >= 0.3 is 0 Å². The summed E-state index contributed by atoms with van der Waals surface area (Å²) in [6.07, 6.45) is 0.765. The normalized spacial score (nSPS) is 16.6. The van der Waals surface area contributed by atoms with Crippen LogP contribution in [0.2, 0.25) is 0 Å². The number of rotatable bonds is 11. The molecule has 1 atom stereocenters. The lowest BCUT2D eigenvalue weighted by atomic mass is 10.0. The number of halogens is 5. The Hall–Kier alpha value is -3.02. The van der Waals surface area contributed by atoms with E-state index in [0.717, 1.165) is 39.2 Å². The van der Waals surface area contributed by atoms with Gasteiger partial charge in [-0.15, -0.1) is 0 Å². The van der Waals surface area contributed by atoms with Crippen LogP contribution in [-0.4, -0.2) is 51.9 Å². The van der Waals surface area contributed by atoms with Crippen molar-refractivity contribution in [1.82, 2.24) is 19.8 Å². The van der Waals surface area contributed by atoms with E-state index < -0.39 is 41.7 Å². The third kappa shape index (κ3) is 9.10. The lowest BCUT2D eigenvalue weighted by Gasteiger charge is -2.26. The maximum atomic E-state index is 14.2. The van der Waals surface area contributed by atoms with Crippen molar-refractivity contribution in [2.24, 2.45) is 5.73 Å². The zero-order chi connectivity index (χ0) is 27.7. The number of carbonyl (C=O) groups is 2. The van der Waals surface area contributed by atoms with Crippen molar-refractivity contribution < 1.29 is 31.5 Å². The van der Waals surface area contributed by atoms with Crippen LogP contribution >= 0.6 is 0 Å². The molecule has 2 rings (SSSR count). The molecule has 0 aromatic carbocycles. The van der Waals surface area contributed by atoms with E-state index in [4.69, 9.17) is 5.73 Å². The van der Waals surface area contributed by atoms with Gasteiger partial charge in [-0.1, -0.05) is 0 Å². The first-order valence-electron chi connectivity index (χ1n) is 12.1. The number of aromatic nitrogens is 2. The predicted octanol–water partition coefficient (Wildman–Crippen LogP) is 4.95. The monoisotopic (exact) mass is 531 g/mol. The number of nitrogens with two attached hydrogens (primary N) is 1. The SMILES string of the molecule is C\C(F)=C/C(F)=C(\C=C(/C)F)CC(N)CC(=O)NCCn1c(C(F)F)nc(C(=O)N2CCCCC2)c1C. The molecule has 1 aromatic heterocycles. The second kappa shape index (κ2) is 14.1. The highest BCUT2D eigenvalue weighted by atomic mass is 19.3. The molecule has 0 radical (unpaired) electrons. The summed E-state index contributed by atoms with van der Waals surface area (Å²) < 4.78 is 69.0. The van der Waals surface area contributed by atoms with Gasteiger partial charge in [-0.05, 0) is 58.1 Å². The fourth-order valence-corrected chi connectivity index (χ4v) is 4.16. The van der Waals surface area contributed by atoms with Gasteiger partial charge in [0, 0.05) is 50.4 Å². The Kier molecular flexibility index (Phi) is 11.5. The minimum absolute atomic E-state index is 0.0272. The average molecular weight is 532 g/mol. The van der Waals surface area contributed by atoms with Gasteiger partial charge in [-0.3, -0.25) is 9.59 Å². The van der Waals surface area contributed by atoms with E-state index in [1.807, 2.05) is 0 Å². The van der Waals surface area contributed by atoms with Crippen LogP contribution in [0.15, 0.2) is 35.2 Å². The van der Waals surface area contributed by atoms with Crippen LogP contribution in [0, 0.1) is 6.92 Å². The molecule has 12 heteroatoms. The first-order valence-corrected chi connectivity index (χ1v) is 12.1. The number of nitrogens with zero attached hydrogens (tertiary/aromatic N) is 3. The van der Waals surface area contributed by atoms with Gasteiger partial charge in [-0.2, -0.15) is 0 Å². The molecule has 1 unspecified atom stereocenters. The largest absolute Gasteiger partial charge is 0.354 e. The fourth-order valence-electron chi connectivity index (χ4n) is 4.16. The molecule has 206 valence electrons. The van der Waals surface area contributed by atoms with Crippen molar-refractivity contribution in [3.8, 4) is 0 Å². The molecule has 2 amide bonds. The highest BCUT2D eigenvalue weighted by molar-refractivity contribution is 5.93. The van der Waals surface area contributed by atoms with Crippen LogP contribution in [0.25, 0.3) is 0 Å². The summed E-state index contributed by atoms with van der Waals surface area (Å²) in [6, 6.07) is -0.912. The van der Waals surface area contributed by atoms with Crippen LogP contribution in [0.4, 0.5) is 22.0 Å². The smallest absolute Gasteiger partial charge is 0.295 e. The molecule has 0 spiro atoms. The fraction of sp³-hybridized carbons (Fsp3) is 0.560. The van der Waals surface area contributed by atoms with Gasteiger partial charge in [0.1, 0.15) is 11.5 Å². The van der Waals surface area contributed by atoms with Crippen LogP contribution in [0.1, 0.15) is 74.4 Å². The molecule has 1 aromatic rings. The molecule has 7 nitrogen and oxygen atoms in total. The first kappa shape index (κ1) is 30.2. The van der Waals surface area contributed by atoms with Crippen molar-refractivity contribution in [3.05, 3.63) is 52.4 Å². The van der Waals surface area contributed by atoms with E-state index in [1.165, 1.54) is 11.5 Å². The molecule has 3 N–H and O–H groups in total. The average Bonchev–Trinajstić information content (AvgIpc) is 3.14. The molecule has 0 bridgehead atoms. The minimum Gasteiger partial charge on any atom is -0.354 e. The van der Waals surface area contributed by atoms with Crippen molar-refractivity contribution >= 4 is 11.8 Å². The van der Waals surface area contributed by atoms with E-state index in [1.54, 1.807) is 4.90 Å². The van der Waals surface area contributed by atoms with Crippen molar-refractivity contribution in [3.63, 3.8) is 0 Å². The molecule has 2 heterocycles. The second-order valence-electron chi connectivity index (χ2n) is 9.06. The molecular weight excluding hydrogens is 497 g/mol. The molecule has 0 aliphatic carbocycles. The number of likely N-dealkylation sites (tertiary alicyclic amines) is 1. The van der Waals surface area contributed by atoms with Crippen molar-refractivity contribution in [1.29, 1.82) is 0 Å². The summed E-state index contributed by atoms with van der Waals surface area (Å²) in [4.78, 5) is 30.6. The van der Waals surface area contributed by atoms with Crippen molar-refractivity contribution in [2.45, 2.75) is 71.9 Å². The maximum Gasteiger partial charge on any atom is 0.295 e. The molecule has 37 heavy (non-hydrogen) atoms. The van der Waals surface area contributed by atoms with Crippen LogP contribution < -0.4 is 11.1 Å². The third-order valence-electron chi connectivity index (χ3n) is 5.88. The number of imidazole rings is 1. The number of piperidine rings is 1. The maximum absolute atomic E-state index is 14.2. The molecule has 1 aliphatic heterocycles. The number of carbonyl (C=O) groups excluding carboxylic acids is 2. The molecular formula is C25H34F5N5O2. The lowest BCUT2D eigenvalue weighted by molar-refractivity contribution is -0.121. The predicted molar refractivity (Wildman–Crippen MR) is 130 cm³/mol. The summed E-state index contributed by atoms with van der Waals surface area (Å²) >= 11 is 0. The molecule has 1 aliphatic rings. The zero-order valence-electron chi connectivity index (χ0n) is 21.3. The van der Waals surface area contributed by atoms with Crippen LogP contribution in [0.5, 0.6) is 0 Å². The number of alkyl halides is 2. The van der Waals surface area contributed by atoms with Gasteiger partial charge in [0.25, 0.3) is 12.3 Å². The highest BCUT2D eigenvalue weighted by Crippen LogP contribution is 2.24. The standard InChI is InChI=1S/C25H34F5N5O2/c1-15(26)11-18(20(28)12-16(2)27)13-19(31)14-21(36)32-7-10-35-17(3)22(33-24(35)23(29)30)25(37)34-8-5-4-6-9-34/h11-12,19,23H,4-10,13-14,31H2,1-3H3,(H,32,36)/b15-11+,16-12+,20-18-. The minimum atomic E-state index is -2.92. The number of allylic oxidation sites excluding steroid dienone is 5. The van der Waals surface area contributed by atoms with Crippen molar-refractivity contribution in [2.75, 3.05) is 19.6 Å². The van der Waals surface area contributed by atoms with E-state index in [-0.39, 0.29) is 48.8 Å². The van der Waals surface area contributed by atoms with E-state index in [2.05, 4.69) is 10.3 Å². The van der Waals surface area contributed by atoms with Crippen LogP contribution in [0.3, 0.4) is 0 Å². The Labute approximate surface area is 213 Å². The van der Waals surface area contributed by atoms with E-state index in [9.17, 15) is 31.5 Å². The van der Waals surface area contributed by atoms with Gasteiger partial charge in [0.2, 0.25) is 5.91 Å². The van der Waals surface area contributed by atoms with E-state index >= 15 is 0 Å². The van der Waals surface area contributed by atoms with Crippen LogP contribution in [-0.2, 0) is 11.3 Å². The quantitative estimate of drug-likeness (QED) is 0.312. The summed E-state index contributed by atoms with van der Waals surface area (Å²) in [5.74, 6) is -4.01. The Morgan fingerprint density at radius 1 is 1.05 bits per heavy atom. The summed E-state index contributed by atoms with van der Waals surface area (Å²) in [5.41, 5.74) is 5.98. The summed E-state index contributed by atoms with van der Waals surface area (Å²) in [5, 5.41) is 2.55. The van der Waals surface area contributed by atoms with Gasteiger partial charge in [0.05, 0.1) is 11.7 Å². The first-order chi connectivity index (χ1) is 17.4. The lowest BCUT2D eigenvalue weighted by Crippen LogP contribution is -2.36. The highest BCUT2D eigenvalue weighted by Gasteiger charge is 2.28. The second-order valence-corrected chi connectivity index (χ2v) is 9.06. The summed E-state index contributed by atoms with van der Waals surface area (Å²) in [7, 11) is 0. The number of nitrogens with one attached hydrogen (secondary N) is 1. The Balaban J connectivity index is 2.02. The Bertz CT molecular complexity index is 1050. The Morgan fingerprint density at radius 2 is 1.68 bits per heavy atom. The molecule has 1 saturated heterocycles. The topological polar surface area (TPSA) is 93.2 Å². The zero-order valence-corrected chi connectivity index (χ0v) is 21.3. The summed E-state index contributed by atoms with van der Waals surface area (Å²) in [6.45, 7) is 4.65. The number of hydrogen-bond acceptors (Lipinski definition) is 4. The van der Waals surface area contributed by atoms with Gasteiger partial charge < -0.3 is 20.5 Å². The van der Waals surface area contributed by atoms with E-state index in [0.29, 0.717) is 19.2 Å². The van der Waals surface area contributed by atoms with Gasteiger partial charge in [0.15, 0.2) is 5.82 Å². The number of hydrogen-bond donors (Lipinski definition) is 2.